The molecule has 9 heteroatoms. The Bertz CT molecular complexity index is 1410. The lowest BCUT2D eigenvalue weighted by Crippen LogP contribution is -2.12. The number of benzene rings is 2. The number of rotatable bonds is 6. The molecule has 0 atom stereocenters. The maximum atomic E-state index is 12.4. The van der Waals surface area contributed by atoms with Crippen molar-refractivity contribution in [3.8, 4) is 22.6 Å². The third kappa shape index (κ3) is 4.74. The molecule has 5 aromatic rings. The molecule has 0 saturated carbocycles. The monoisotopic (exact) mass is 477 g/mol. The van der Waals surface area contributed by atoms with Crippen LogP contribution in [0.1, 0.15) is 12.3 Å². The van der Waals surface area contributed by atoms with Crippen molar-refractivity contribution in [1.82, 2.24) is 19.4 Å². The summed E-state index contributed by atoms with van der Waals surface area (Å²) >= 11 is 12.2. The van der Waals surface area contributed by atoms with Crippen LogP contribution in [0.3, 0.4) is 0 Å². The second-order valence-corrected chi connectivity index (χ2v) is 8.16. The van der Waals surface area contributed by atoms with Crippen LogP contribution in [0.4, 0.5) is 5.69 Å². The number of nitrogens with one attached hydrogen (secondary N) is 1. The quantitative estimate of drug-likeness (QED) is 0.327. The number of aromatic nitrogens is 4. The van der Waals surface area contributed by atoms with Crippen LogP contribution in [-0.4, -0.2) is 25.3 Å². The van der Waals surface area contributed by atoms with E-state index in [1.54, 1.807) is 30.6 Å². The van der Waals surface area contributed by atoms with Crippen molar-refractivity contribution in [2.24, 2.45) is 0 Å². The number of aryl methyl sites for hydroxylation is 1. The fraction of sp³-hybridized carbons (Fsp3) is 0.0833. The van der Waals surface area contributed by atoms with Crippen LogP contribution in [0, 0.1) is 0 Å². The van der Waals surface area contributed by atoms with Gasteiger partial charge in [-0.25, -0.2) is 15.0 Å². The summed E-state index contributed by atoms with van der Waals surface area (Å²) in [6.45, 7) is 0. The molecular formula is C24H17Cl2N5O2. The molecule has 3 heterocycles. The minimum Gasteiger partial charge on any atom is -0.441 e. The minimum atomic E-state index is -0.135. The van der Waals surface area contributed by atoms with Crippen LogP contribution in [0.2, 0.25) is 10.0 Å². The maximum Gasteiger partial charge on any atom is 0.234 e. The first-order valence-corrected chi connectivity index (χ1v) is 10.9. The van der Waals surface area contributed by atoms with Crippen LogP contribution in [-0.2, 0) is 11.2 Å². The molecule has 0 unspecified atom stereocenters. The van der Waals surface area contributed by atoms with Gasteiger partial charge in [-0.3, -0.25) is 9.20 Å². The van der Waals surface area contributed by atoms with E-state index in [0.717, 1.165) is 11.3 Å². The molecule has 1 N–H and O–H groups in total. The van der Waals surface area contributed by atoms with E-state index in [4.69, 9.17) is 27.6 Å². The summed E-state index contributed by atoms with van der Waals surface area (Å²) in [5.41, 5.74) is 3.15. The van der Waals surface area contributed by atoms with E-state index < -0.39 is 0 Å². The Morgan fingerprint density at radius 1 is 1.09 bits per heavy atom. The number of carbonyl (C=O) groups excluding carboxylic acids is 1. The van der Waals surface area contributed by atoms with Crippen LogP contribution in [0.5, 0.6) is 0 Å². The van der Waals surface area contributed by atoms with E-state index in [-0.39, 0.29) is 12.3 Å². The van der Waals surface area contributed by atoms with Gasteiger partial charge in [0.05, 0.1) is 16.9 Å². The van der Waals surface area contributed by atoms with Crippen LogP contribution in [0.25, 0.3) is 28.4 Å². The summed E-state index contributed by atoms with van der Waals surface area (Å²) in [5.74, 6) is 1.49. The summed E-state index contributed by atoms with van der Waals surface area (Å²) in [6, 6.07) is 14.5. The normalized spacial score (nSPS) is 11.1. The highest BCUT2D eigenvalue weighted by molar-refractivity contribution is 6.36. The Kier molecular flexibility index (Phi) is 5.81. The van der Waals surface area contributed by atoms with Gasteiger partial charge < -0.3 is 9.73 Å². The second kappa shape index (κ2) is 9.05. The zero-order valence-electron chi connectivity index (χ0n) is 17.2. The molecule has 0 saturated heterocycles. The van der Waals surface area contributed by atoms with Gasteiger partial charge in [0.25, 0.3) is 0 Å². The molecule has 0 aliphatic rings. The third-order valence-electron chi connectivity index (χ3n) is 5.02. The average Bonchev–Trinajstić information content (AvgIpc) is 3.45. The summed E-state index contributed by atoms with van der Waals surface area (Å²) < 4.78 is 7.61. The molecule has 3 aromatic heterocycles. The first kappa shape index (κ1) is 21.2. The number of anilines is 1. The SMILES string of the molecule is O=C(CCc1ncc(-c2ccc(Cl)cc2Cl)o1)Nc1ccc(-c2cn3cccnc3n2)cc1. The minimum absolute atomic E-state index is 0.135. The van der Waals surface area contributed by atoms with E-state index >= 15 is 0 Å². The lowest BCUT2D eigenvalue weighted by Gasteiger charge is -2.05. The fourth-order valence-electron chi connectivity index (χ4n) is 3.38. The second-order valence-electron chi connectivity index (χ2n) is 7.32. The van der Waals surface area contributed by atoms with Crippen molar-refractivity contribution in [2.75, 3.05) is 5.32 Å². The van der Waals surface area contributed by atoms with Gasteiger partial charge in [0, 0.05) is 53.3 Å². The topological polar surface area (TPSA) is 85.3 Å². The number of fused-ring (bicyclic) bond motifs is 1. The average molecular weight is 478 g/mol. The van der Waals surface area contributed by atoms with Gasteiger partial charge in [-0.1, -0.05) is 35.3 Å². The molecule has 0 radical (unpaired) electrons. The Labute approximate surface area is 199 Å². The van der Waals surface area contributed by atoms with Gasteiger partial charge in [0.1, 0.15) is 0 Å². The number of carbonyl (C=O) groups is 1. The van der Waals surface area contributed by atoms with Crippen LogP contribution in [0.15, 0.2) is 77.7 Å². The van der Waals surface area contributed by atoms with Gasteiger partial charge in [0.15, 0.2) is 11.7 Å². The molecule has 33 heavy (non-hydrogen) atoms. The maximum absolute atomic E-state index is 12.4. The molecule has 0 aliphatic heterocycles. The van der Waals surface area contributed by atoms with Gasteiger partial charge in [-0.15, -0.1) is 0 Å². The van der Waals surface area contributed by atoms with E-state index in [9.17, 15) is 4.79 Å². The lowest BCUT2D eigenvalue weighted by molar-refractivity contribution is -0.116. The molecule has 2 aromatic carbocycles. The van der Waals surface area contributed by atoms with Crippen molar-refractivity contribution >= 4 is 40.6 Å². The summed E-state index contributed by atoms with van der Waals surface area (Å²) in [4.78, 5) is 25.4. The zero-order chi connectivity index (χ0) is 22.8. The van der Waals surface area contributed by atoms with Crippen molar-refractivity contribution in [2.45, 2.75) is 12.8 Å². The highest BCUT2D eigenvalue weighted by Crippen LogP contribution is 2.31. The smallest absolute Gasteiger partial charge is 0.234 e. The number of oxazole rings is 1. The van der Waals surface area contributed by atoms with Crippen molar-refractivity contribution < 1.29 is 9.21 Å². The Morgan fingerprint density at radius 3 is 2.73 bits per heavy atom. The van der Waals surface area contributed by atoms with Crippen LogP contribution >= 0.6 is 23.2 Å². The van der Waals surface area contributed by atoms with Gasteiger partial charge in [-0.2, -0.15) is 0 Å². The Hall–Kier alpha value is -3.68. The number of amides is 1. The number of hydrogen-bond donors (Lipinski definition) is 1. The molecule has 0 spiro atoms. The number of imidazole rings is 1. The fourth-order valence-corrected chi connectivity index (χ4v) is 3.88. The number of nitrogens with zero attached hydrogens (tertiary/aromatic N) is 4. The summed E-state index contributed by atoms with van der Waals surface area (Å²) in [7, 11) is 0. The molecule has 1 amide bonds. The number of halogens is 2. The Balaban J connectivity index is 1.19. The van der Waals surface area contributed by atoms with Crippen molar-refractivity contribution in [3.63, 3.8) is 0 Å². The van der Waals surface area contributed by atoms with E-state index in [1.165, 1.54) is 0 Å². The predicted octanol–water partition coefficient (Wildman–Crippen LogP) is 5.93. The molecule has 7 nitrogen and oxygen atoms in total. The van der Waals surface area contributed by atoms with Crippen LogP contribution < -0.4 is 5.32 Å². The molecular weight excluding hydrogens is 461 g/mol. The highest BCUT2D eigenvalue weighted by Gasteiger charge is 2.12. The molecule has 0 aliphatic carbocycles. The van der Waals surface area contributed by atoms with Gasteiger partial charge >= 0.3 is 0 Å². The van der Waals surface area contributed by atoms with Gasteiger partial charge in [0.2, 0.25) is 11.7 Å². The van der Waals surface area contributed by atoms with E-state index in [1.807, 2.05) is 47.1 Å². The summed E-state index contributed by atoms with van der Waals surface area (Å²) in [6.07, 6.45) is 7.70. The highest BCUT2D eigenvalue weighted by atomic mass is 35.5. The predicted molar refractivity (Wildman–Crippen MR) is 127 cm³/mol. The molecule has 0 fully saturated rings. The van der Waals surface area contributed by atoms with Crippen molar-refractivity contribution in [3.05, 3.63) is 89.3 Å². The number of hydrogen-bond acceptors (Lipinski definition) is 5. The lowest BCUT2D eigenvalue weighted by atomic mass is 10.1. The molecule has 5 rings (SSSR count). The zero-order valence-corrected chi connectivity index (χ0v) is 18.7. The van der Waals surface area contributed by atoms with E-state index in [0.29, 0.717) is 45.1 Å². The molecule has 164 valence electrons. The van der Waals surface area contributed by atoms with Gasteiger partial charge in [-0.05, 0) is 36.4 Å². The first-order valence-electron chi connectivity index (χ1n) is 10.2. The molecule has 0 bridgehead atoms. The third-order valence-corrected chi connectivity index (χ3v) is 5.56. The first-order chi connectivity index (χ1) is 16.0. The van der Waals surface area contributed by atoms with E-state index in [2.05, 4.69) is 20.3 Å². The standard InChI is InChI=1S/C24H17Cl2N5O2/c25-16-4-7-18(19(26)12-16)21-13-28-23(33-21)9-8-22(32)29-17-5-2-15(3-6-17)20-14-31-11-1-10-27-24(31)30-20/h1-7,10-14H,8-9H2,(H,29,32). The Morgan fingerprint density at radius 2 is 1.94 bits per heavy atom. The largest absolute Gasteiger partial charge is 0.441 e. The summed E-state index contributed by atoms with van der Waals surface area (Å²) in [5, 5.41) is 3.91. The van der Waals surface area contributed by atoms with Crippen molar-refractivity contribution in [1.29, 1.82) is 0 Å².